The topological polar surface area (TPSA) is 54.3 Å². The monoisotopic (exact) mass is 375 g/mol. The lowest BCUT2D eigenvalue weighted by molar-refractivity contribution is 0.0740. The van der Waals surface area contributed by atoms with Crippen LogP contribution in [0.3, 0.4) is 0 Å². The van der Waals surface area contributed by atoms with Crippen molar-refractivity contribution in [2.75, 3.05) is 31.1 Å². The minimum Gasteiger partial charge on any atom is -0.368 e. The van der Waals surface area contributed by atoms with Crippen molar-refractivity contribution < 1.29 is 4.79 Å². The Bertz CT molecular complexity index is 1000. The van der Waals surface area contributed by atoms with Gasteiger partial charge in [0, 0.05) is 31.9 Å². The first-order valence-electron chi connectivity index (χ1n) is 9.63. The van der Waals surface area contributed by atoms with E-state index >= 15 is 0 Å². The van der Waals surface area contributed by atoms with E-state index in [1.807, 2.05) is 11.0 Å². The van der Waals surface area contributed by atoms with Crippen molar-refractivity contribution in [3.8, 4) is 5.69 Å². The van der Waals surface area contributed by atoms with E-state index in [2.05, 4.69) is 72.4 Å². The summed E-state index contributed by atoms with van der Waals surface area (Å²) in [5.74, 6) is -0.0560. The maximum Gasteiger partial charge on any atom is 0.276 e. The minimum atomic E-state index is -0.0560. The molecule has 1 aromatic heterocycles. The third-order valence-corrected chi connectivity index (χ3v) is 5.49. The zero-order valence-corrected chi connectivity index (χ0v) is 16.6. The molecular formula is C22H25N5O. The van der Waals surface area contributed by atoms with Crippen LogP contribution in [-0.4, -0.2) is 52.0 Å². The normalized spacial score (nSPS) is 14.4. The Morgan fingerprint density at radius 2 is 1.64 bits per heavy atom. The average Bonchev–Trinajstić information content (AvgIpc) is 3.20. The van der Waals surface area contributed by atoms with Crippen LogP contribution in [0.2, 0.25) is 0 Å². The molecule has 0 unspecified atom stereocenters. The van der Waals surface area contributed by atoms with Crippen LogP contribution in [-0.2, 0) is 0 Å². The maximum atomic E-state index is 12.9. The van der Waals surface area contributed by atoms with E-state index in [-0.39, 0.29) is 5.91 Å². The standard InChI is InChI=1S/C22H25N5O/c1-16-8-9-19(14-18(16)3)27-15-20(23-24-27)22(28)26-12-10-25(11-13-26)21-7-5-4-6-17(21)2/h4-9,14-15H,10-13H2,1-3H3. The van der Waals surface area contributed by atoms with Gasteiger partial charge in [0.25, 0.3) is 5.91 Å². The number of hydrogen-bond donors (Lipinski definition) is 0. The van der Waals surface area contributed by atoms with Crippen molar-refractivity contribution in [2.45, 2.75) is 20.8 Å². The Morgan fingerprint density at radius 1 is 0.893 bits per heavy atom. The first-order chi connectivity index (χ1) is 13.5. The number of benzene rings is 2. The smallest absolute Gasteiger partial charge is 0.276 e. The highest BCUT2D eigenvalue weighted by Gasteiger charge is 2.25. The zero-order chi connectivity index (χ0) is 19.7. The Kier molecular flexibility index (Phi) is 4.86. The summed E-state index contributed by atoms with van der Waals surface area (Å²) in [6.07, 6.45) is 1.72. The molecule has 4 rings (SSSR count). The van der Waals surface area contributed by atoms with Crippen LogP contribution in [0.1, 0.15) is 27.2 Å². The predicted octanol–water partition coefficient (Wildman–Crippen LogP) is 3.15. The Morgan fingerprint density at radius 3 is 2.36 bits per heavy atom. The van der Waals surface area contributed by atoms with Gasteiger partial charge in [0.15, 0.2) is 5.69 Å². The van der Waals surface area contributed by atoms with Gasteiger partial charge in [-0.2, -0.15) is 0 Å². The zero-order valence-electron chi connectivity index (χ0n) is 16.6. The molecular weight excluding hydrogens is 350 g/mol. The molecule has 6 heteroatoms. The van der Waals surface area contributed by atoms with Crippen LogP contribution in [0.15, 0.2) is 48.7 Å². The van der Waals surface area contributed by atoms with E-state index < -0.39 is 0 Å². The molecule has 0 aliphatic carbocycles. The SMILES string of the molecule is Cc1ccc(-n2cc(C(=O)N3CCN(c4ccccc4C)CC3)nn2)cc1C. The van der Waals surface area contributed by atoms with E-state index in [1.54, 1.807) is 10.9 Å². The third kappa shape index (κ3) is 3.50. The molecule has 3 aromatic rings. The van der Waals surface area contributed by atoms with Crippen molar-refractivity contribution in [2.24, 2.45) is 0 Å². The summed E-state index contributed by atoms with van der Waals surface area (Å²) in [4.78, 5) is 17.1. The Hall–Kier alpha value is -3.15. The van der Waals surface area contributed by atoms with Gasteiger partial charge in [-0.05, 0) is 55.7 Å². The van der Waals surface area contributed by atoms with Gasteiger partial charge in [0.1, 0.15) is 0 Å². The molecule has 2 heterocycles. The number of rotatable bonds is 3. The van der Waals surface area contributed by atoms with Gasteiger partial charge in [-0.3, -0.25) is 4.79 Å². The second-order valence-electron chi connectivity index (χ2n) is 7.38. The van der Waals surface area contributed by atoms with Gasteiger partial charge in [0.05, 0.1) is 11.9 Å². The van der Waals surface area contributed by atoms with Crippen molar-refractivity contribution in [1.29, 1.82) is 0 Å². The molecule has 0 atom stereocenters. The van der Waals surface area contributed by atoms with Gasteiger partial charge in [-0.1, -0.05) is 29.5 Å². The van der Waals surface area contributed by atoms with Crippen molar-refractivity contribution in [3.05, 3.63) is 71.0 Å². The number of hydrogen-bond acceptors (Lipinski definition) is 4. The number of anilines is 1. The molecule has 1 aliphatic rings. The first-order valence-corrected chi connectivity index (χ1v) is 9.63. The number of para-hydroxylation sites is 1. The van der Waals surface area contributed by atoms with Gasteiger partial charge in [-0.15, -0.1) is 5.10 Å². The fourth-order valence-corrected chi connectivity index (χ4v) is 3.59. The molecule has 28 heavy (non-hydrogen) atoms. The van der Waals surface area contributed by atoms with Gasteiger partial charge < -0.3 is 9.80 Å². The summed E-state index contributed by atoms with van der Waals surface area (Å²) in [6, 6.07) is 14.5. The molecule has 0 N–H and O–H groups in total. The highest BCUT2D eigenvalue weighted by molar-refractivity contribution is 5.92. The Labute approximate surface area is 165 Å². The summed E-state index contributed by atoms with van der Waals surface area (Å²) in [6.45, 7) is 9.27. The first kappa shape index (κ1) is 18.2. The van der Waals surface area contributed by atoms with Crippen LogP contribution >= 0.6 is 0 Å². The van der Waals surface area contributed by atoms with Crippen LogP contribution in [0.25, 0.3) is 5.69 Å². The predicted molar refractivity (Wildman–Crippen MR) is 110 cm³/mol. The van der Waals surface area contributed by atoms with E-state index in [4.69, 9.17) is 0 Å². The molecule has 0 bridgehead atoms. The van der Waals surface area contributed by atoms with Crippen LogP contribution in [0, 0.1) is 20.8 Å². The molecule has 2 aromatic carbocycles. The fraction of sp³-hybridized carbons (Fsp3) is 0.318. The van der Waals surface area contributed by atoms with Gasteiger partial charge in [-0.25, -0.2) is 4.68 Å². The molecule has 0 radical (unpaired) electrons. The van der Waals surface area contributed by atoms with Crippen LogP contribution in [0.4, 0.5) is 5.69 Å². The summed E-state index contributed by atoms with van der Waals surface area (Å²) in [5.41, 5.74) is 6.23. The third-order valence-electron chi connectivity index (χ3n) is 5.49. The summed E-state index contributed by atoms with van der Waals surface area (Å²) in [7, 11) is 0. The van der Waals surface area contributed by atoms with Gasteiger partial charge >= 0.3 is 0 Å². The summed E-state index contributed by atoms with van der Waals surface area (Å²) >= 11 is 0. The van der Waals surface area contributed by atoms with Crippen LogP contribution < -0.4 is 4.90 Å². The summed E-state index contributed by atoms with van der Waals surface area (Å²) in [5, 5.41) is 8.28. The number of amides is 1. The highest BCUT2D eigenvalue weighted by atomic mass is 16.2. The number of piperazine rings is 1. The summed E-state index contributed by atoms with van der Waals surface area (Å²) < 4.78 is 1.67. The lowest BCUT2D eigenvalue weighted by Gasteiger charge is -2.36. The highest BCUT2D eigenvalue weighted by Crippen LogP contribution is 2.21. The van der Waals surface area contributed by atoms with Crippen molar-refractivity contribution >= 4 is 11.6 Å². The molecule has 144 valence electrons. The molecule has 1 aliphatic heterocycles. The average molecular weight is 375 g/mol. The maximum absolute atomic E-state index is 12.9. The number of carbonyl (C=O) groups is 1. The molecule has 6 nitrogen and oxygen atoms in total. The second-order valence-corrected chi connectivity index (χ2v) is 7.38. The lowest BCUT2D eigenvalue weighted by Crippen LogP contribution is -2.49. The van der Waals surface area contributed by atoms with Crippen molar-refractivity contribution in [1.82, 2.24) is 19.9 Å². The largest absolute Gasteiger partial charge is 0.368 e. The number of aryl methyl sites for hydroxylation is 3. The molecule has 1 fully saturated rings. The minimum absolute atomic E-state index is 0.0560. The van der Waals surface area contributed by atoms with E-state index in [9.17, 15) is 4.79 Å². The van der Waals surface area contributed by atoms with Crippen LogP contribution in [0.5, 0.6) is 0 Å². The molecule has 1 saturated heterocycles. The van der Waals surface area contributed by atoms with Crippen molar-refractivity contribution in [3.63, 3.8) is 0 Å². The Balaban J connectivity index is 1.44. The van der Waals surface area contributed by atoms with E-state index in [0.717, 1.165) is 18.8 Å². The number of nitrogens with zero attached hydrogens (tertiary/aromatic N) is 5. The second kappa shape index (κ2) is 7.46. The molecule has 0 saturated carbocycles. The van der Waals surface area contributed by atoms with E-state index in [1.165, 1.54) is 22.4 Å². The van der Waals surface area contributed by atoms with E-state index in [0.29, 0.717) is 18.8 Å². The number of carbonyl (C=O) groups excluding carboxylic acids is 1. The van der Waals surface area contributed by atoms with Gasteiger partial charge in [0.2, 0.25) is 0 Å². The fourth-order valence-electron chi connectivity index (χ4n) is 3.59. The molecule has 0 spiro atoms. The molecule has 1 amide bonds. The quantitative estimate of drug-likeness (QED) is 0.706. The number of aromatic nitrogens is 3. The lowest BCUT2D eigenvalue weighted by atomic mass is 10.1.